The first-order valence-corrected chi connectivity index (χ1v) is 7.46. The number of aromatic nitrogens is 2. The molecule has 1 aliphatic carbocycles. The van der Waals surface area contributed by atoms with Crippen LogP contribution >= 0.6 is 0 Å². The van der Waals surface area contributed by atoms with Gasteiger partial charge in [-0.25, -0.2) is 0 Å². The first kappa shape index (κ1) is 13.3. The monoisotopic (exact) mass is 271 g/mol. The van der Waals surface area contributed by atoms with E-state index in [-0.39, 0.29) is 6.04 Å². The number of nitrogens with two attached hydrogens (primary N) is 1. The lowest BCUT2D eigenvalue weighted by molar-refractivity contribution is 0.341. The summed E-state index contributed by atoms with van der Waals surface area (Å²) in [6.07, 6.45) is 6.94. The molecule has 1 fully saturated rings. The third-order valence-corrected chi connectivity index (χ3v) is 4.04. The Kier molecular flexibility index (Phi) is 4.11. The fraction of sp³-hybridized carbons (Fsp3) is 0.500. The number of benzene rings is 1. The molecule has 1 aromatic heterocycles. The third kappa shape index (κ3) is 3.07. The van der Waals surface area contributed by atoms with E-state index in [1.165, 1.54) is 37.7 Å². The van der Waals surface area contributed by atoms with Gasteiger partial charge in [0.05, 0.1) is 6.04 Å². The standard InChI is InChI=1S/C16H21N3O/c17-14(11-12-7-3-1-4-8-12)16-18-15(19-20-16)13-9-5-2-6-10-13/h1,3-4,7-8,13-14H,2,5-6,9-11,17H2/t14-/m1/s1. The van der Waals surface area contributed by atoms with Gasteiger partial charge in [0, 0.05) is 5.92 Å². The molecule has 20 heavy (non-hydrogen) atoms. The molecule has 0 saturated heterocycles. The normalized spacial score (nSPS) is 18.1. The number of hydrogen-bond acceptors (Lipinski definition) is 4. The maximum atomic E-state index is 6.17. The molecule has 4 nitrogen and oxygen atoms in total. The molecule has 2 aromatic rings. The zero-order valence-electron chi connectivity index (χ0n) is 11.7. The van der Waals surface area contributed by atoms with Gasteiger partial charge >= 0.3 is 0 Å². The molecule has 0 radical (unpaired) electrons. The van der Waals surface area contributed by atoms with Gasteiger partial charge in [0.25, 0.3) is 0 Å². The molecule has 1 atom stereocenters. The summed E-state index contributed by atoms with van der Waals surface area (Å²) in [6.45, 7) is 0. The highest BCUT2D eigenvalue weighted by atomic mass is 16.5. The van der Waals surface area contributed by atoms with Crippen LogP contribution in [-0.4, -0.2) is 10.1 Å². The average molecular weight is 271 g/mol. The van der Waals surface area contributed by atoms with Crippen LogP contribution in [0.1, 0.15) is 61.3 Å². The number of hydrogen-bond donors (Lipinski definition) is 1. The number of nitrogens with zero attached hydrogens (tertiary/aromatic N) is 2. The van der Waals surface area contributed by atoms with Crippen LogP contribution < -0.4 is 5.73 Å². The summed E-state index contributed by atoms with van der Waals surface area (Å²) in [4.78, 5) is 4.53. The van der Waals surface area contributed by atoms with Crippen molar-refractivity contribution in [3.8, 4) is 0 Å². The maximum absolute atomic E-state index is 6.17. The maximum Gasteiger partial charge on any atom is 0.243 e. The van der Waals surface area contributed by atoms with Crippen LogP contribution in [-0.2, 0) is 6.42 Å². The molecule has 106 valence electrons. The first-order chi connectivity index (χ1) is 9.83. The Bertz CT molecular complexity index is 532. The van der Waals surface area contributed by atoms with E-state index in [1.807, 2.05) is 18.2 Å². The minimum atomic E-state index is -0.220. The molecule has 0 bridgehead atoms. The summed E-state index contributed by atoms with van der Waals surface area (Å²) in [7, 11) is 0. The molecule has 0 aliphatic heterocycles. The van der Waals surface area contributed by atoms with Gasteiger partial charge < -0.3 is 10.3 Å². The zero-order valence-corrected chi connectivity index (χ0v) is 11.7. The van der Waals surface area contributed by atoms with Gasteiger partial charge in [0.2, 0.25) is 5.89 Å². The van der Waals surface area contributed by atoms with E-state index in [9.17, 15) is 0 Å². The molecule has 2 N–H and O–H groups in total. The Morgan fingerprint density at radius 3 is 2.65 bits per heavy atom. The lowest BCUT2D eigenvalue weighted by Crippen LogP contribution is -2.14. The number of rotatable bonds is 4. The molecule has 1 saturated carbocycles. The van der Waals surface area contributed by atoms with E-state index in [0.29, 0.717) is 11.8 Å². The summed E-state index contributed by atoms with van der Waals surface area (Å²) in [6, 6.07) is 9.95. The Morgan fingerprint density at radius 1 is 1.15 bits per heavy atom. The van der Waals surface area contributed by atoms with Gasteiger partial charge in [-0.3, -0.25) is 0 Å². The van der Waals surface area contributed by atoms with Crippen LogP contribution in [0.5, 0.6) is 0 Å². The van der Waals surface area contributed by atoms with E-state index < -0.39 is 0 Å². The van der Waals surface area contributed by atoms with Crippen molar-refractivity contribution in [3.63, 3.8) is 0 Å². The van der Waals surface area contributed by atoms with Crippen LogP contribution in [0.4, 0.5) is 0 Å². The van der Waals surface area contributed by atoms with E-state index in [1.54, 1.807) is 0 Å². The van der Waals surface area contributed by atoms with Crippen LogP contribution in [0.2, 0.25) is 0 Å². The molecule has 3 rings (SSSR count). The van der Waals surface area contributed by atoms with Gasteiger partial charge in [-0.1, -0.05) is 54.8 Å². The minimum absolute atomic E-state index is 0.220. The highest BCUT2D eigenvalue weighted by molar-refractivity contribution is 5.16. The van der Waals surface area contributed by atoms with Crippen LogP contribution in [0.3, 0.4) is 0 Å². The smallest absolute Gasteiger partial charge is 0.243 e. The van der Waals surface area contributed by atoms with Crippen molar-refractivity contribution in [1.82, 2.24) is 10.1 Å². The first-order valence-electron chi connectivity index (χ1n) is 7.46. The molecule has 0 amide bonds. The molecule has 1 aromatic carbocycles. The molecule has 0 unspecified atom stereocenters. The fourth-order valence-electron chi connectivity index (χ4n) is 2.88. The van der Waals surface area contributed by atoms with Crippen molar-refractivity contribution in [2.24, 2.45) is 5.73 Å². The molecule has 1 aliphatic rings. The summed E-state index contributed by atoms with van der Waals surface area (Å²) in [5.41, 5.74) is 7.37. The Morgan fingerprint density at radius 2 is 1.90 bits per heavy atom. The average Bonchev–Trinajstić information content (AvgIpc) is 2.99. The van der Waals surface area contributed by atoms with Crippen molar-refractivity contribution in [3.05, 3.63) is 47.6 Å². The zero-order chi connectivity index (χ0) is 13.8. The quantitative estimate of drug-likeness (QED) is 0.926. The Hall–Kier alpha value is -1.68. The SMILES string of the molecule is N[C@H](Cc1ccccc1)c1nc(C2CCCCC2)no1. The Balaban J connectivity index is 1.66. The van der Waals surface area contributed by atoms with Crippen LogP contribution in [0.25, 0.3) is 0 Å². The lowest BCUT2D eigenvalue weighted by atomic mass is 9.89. The highest BCUT2D eigenvalue weighted by Crippen LogP contribution is 2.31. The molecular formula is C16H21N3O. The molecule has 0 spiro atoms. The van der Waals surface area contributed by atoms with Crippen molar-refractivity contribution in [2.45, 2.75) is 50.5 Å². The van der Waals surface area contributed by atoms with Crippen molar-refractivity contribution >= 4 is 0 Å². The Labute approximate surface area is 119 Å². The summed E-state index contributed by atoms with van der Waals surface area (Å²) >= 11 is 0. The van der Waals surface area contributed by atoms with Crippen molar-refractivity contribution in [1.29, 1.82) is 0 Å². The predicted octanol–water partition coefficient (Wildman–Crippen LogP) is 3.36. The van der Waals surface area contributed by atoms with Gasteiger partial charge in [0.15, 0.2) is 5.82 Å². The third-order valence-electron chi connectivity index (χ3n) is 4.04. The van der Waals surface area contributed by atoms with Gasteiger partial charge in [-0.15, -0.1) is 0 Å². The van der Waals surface area contributed by atoms with Gasteiger partial charge in [-0.2, -0.15) is 4.98 Å². The second kappa shape index (κ2) is 6.18. The highest BCUT2D eigenvalue weighted by Gasteiger charge is 2.22. The van der Waals surface area contributed by atoms with Crippen molar-refractivity contribution < 1.29 is 4.52 Å². The fourth-order valence-corrected chi connectivity index (χ4v) is 2.88. The van der Waals surface area contributed by atoms with E-state index >= 15 is 0 Å². The largest absolute Gasteiger partial charge is 0.338 e. The second-order valence-corrected chi connectivity index (χ2v) is 5.62. The van der Waals surface area contributed by atoms with Gasteiger partial charge in [-0.05, 0) is 24.8 Å². The second-order valence-electron chi connectivity index (χ2n) is 5.62. The van der Waals surface area contributed by atoms with E-state index in [2.05, 4.69) is 22.3 Å². The minimum Gasteiger partial charge on any atom is -0.338 e. The summed E-state index contributed by atoms with van der Waals surface area (Å²) in [5, 5.41) is 4.14. The molecule has 1 heterocycles. The van der Waals surface area contributed by atoms with Crippen LogP contribution in [0, 0.1) is 0 Å². The lowest BCUT2D eigenvalue weighted by Gasteiger charge is -2.17. The van der Waals surface area contributed by atoms with Crippen LogP contribution in [0.15, 0.2) is 34.9 Å². The topological polar surface area (TPSA) is 64.9 Å². The predicted molar refractivity (Wildman–Crippen MR) is 77.2 cm³/mol. The molecule has 4 heteroatoms. The van der Waals surface area contributed by atoms with E-state index in [4.69, 9.17) is 10.3 Å². The van der Waals surface area contributed by atoms with Crippen molar-refractivity contribution in [2.75, 3.05) is 0 Å². The molecular weight excluding hydrogens is 250 g/mol. The summed E-state index contributed by atoms with van der Waals surface area (Å²) in [5.74, 6) is 1.88. The van der Waals surface area contributed by atoms with Gasteiger partial charge in [0.1, 0.15) is 0 Å². The summed E-state index contributed by atoms with van der Waals surface area (Å²) < 4.78 is 5.37. The van der Waals surface area contributed by atoms with E-state index in [0.717, 1.165) is 12.2 Å².